The molecule has 3 amide bonds. The smallest absolute Gasteiger partial charge is 0.328 e. The first kappa shape index (κ1) is 13.1. The molecule has 1 aromatic rings. The van der Waals surface area contributed by atoms with E-state index in [1.165, 1.54) is 11.9 Å². The van der Waals surface area contributed by atoms with Crippen LogP contribution in [0.1, 0.15) is 5.56 Å². The van der Waals surface area contributed by atoms with Gasteiger partial charge < -0.3 is 5.11 Å². The van der Waals surface area contributed by atoms with Crippen LogP contribution in [0.2, 0.25) is 0 Å². The summed E-state index contributed by atoms with van der Waals surface area (Å²) in [6.45, 7) is 0. The first-order chi connectivity index (χ1) is 8.40. The number of rotatable bonds is 1. The zero-order valence-corrected chi connectivity index (χ0v) is 12.4. The lowest BCUT2D eigenvalue weighted by molar-refractivity contribution is -0.115. The highest BCUT2D eigenvalue weighted by atomic mass is 79.9. The molecule has 1 saturated heterocycles. The van der Waals surface area contributed by atoms with Crippen LogP contribution in [-0.2, 0) is 4.79 Å². The first-order valence-corrected chi connectivity index (χ1v) is 6.47. The predicted molar refractivity (Wildman–Crippen MR) is 72.8 cm³/mol. The molecule has 0 atom stereocenters. The molecule has 0 aromatic heterocycles. The van der Waals surface area contributed by atoms with Crippen molar-refractivity contribution in [2.75, 3.05) is 7.05 Å². The molecule has 0 unspecified atom stereocenters. The average Bonchev–Trinajstić information content (AvgIpc) is 2.53. The molecule has 1 heterocycles. The molecule has 0 bridgehead atoms. The Balaban J connectivity index is 2.45. The number of phenolic OH excluding ortho intramolecular Hbond substituents is 1. The van der Waals surface area contributed by atoms with Crippen molar-refractivity contribution >= 4 is 49.9 Å². The molecule has 0 aliphatic carbocycles. The van der Waals surface area contributed by atoms with E-state index >= 15 is 0 Å². The van der Waals surface area contributed by atoms with Gasteiger partial charge >= 0.3 is 6.03 Å². The Labute approximate surface area is 120 Å². The molecule has 7 heteroatoms. The standard InChI is InChI=1S/C11H8Br2N2O3/c1-15-8(10(17)14-11(15)18)4-5-2-6(12)9(16)7(13)3-5/h2-4,16H,1H3,(H,14,17,18). The van der Waals surface area contributed by atoms with Gasteiger partial charge in [0.05, 0.1) is 8.95 Å². The third-order valence-electron chi connectivity index (χ3n) is 2.46. The van der Waals surface area contributed by atoms with Gasteiger partial charge in [0.25, 0.3) is 5.91 Å². The number of nitrogens with one attached hydrogen (secondary N) is 1. The van der Waals surface area contributed by atoms with Gasteiger partial charge in [0.15, 0.2) is 0 Å². The fourth-order valence-corrected chi connectivity index (χ4v) is 2.72. The maximum atomic E-state index is 11.5. The minimum absolute atomic E-state index is 0.0810. The van der Waals surface area contributed by atoms with Crippen molar-refractivity contribution in [1.29, 1.82) is 0 Å². The summed E-state index contributed by atoms with van der Waals surface area (Å²) in [5, 5.41) is 11.8. The van der Waals surface area contributed by atoms with Gasteiger partial charge in [-0.3, -0.25) is 15.0 Å². The minimum Gasteiger partial charge on any atom is -0.506 e. The average molecular weight is 376 g/mol. The fraction of sp³-hybridized carbons (Fsp3) is 0.0909. The van der Waals surface area contributed by atoms with Gasteiger partial charge in [-0.15, -0.1) is 0 Å². The highest BCUT2D eigenvalue weighted by Gasteiger charge is 2.29. The van der Waals surface area contributed by atoms with Gasteiger partial charge in [0.2, 0.25) is 0 Å². The van der Waals surface area contributed by atoms with Crippen molar-refractivity contribution < 1.29 is 14.7 Å². The number of carbonyl (C=O) groups is 2. The van der Waals surface area contributed by atoms with E-state index in [9.17, 15) is 14.7 Å². The quantitative estimate of drug-likeness (QED) is 0.585. The van der Waals surface area contributed by atoms with Gasteiger partial charge in [-0.1, -0.05) is 0 Å². The van der Waals surface area contributed by atoms with Crippen molar-refractivity contribution in [2.24, 2.45) is 0 Å². The molecule has 0 radical (unpaired) electrons. The number of benzene rings is 1. The molecule has 1 aliphatic heterocycles. The highest BCUT2D eigenvalue weighted by molar-refractivity contribution is 9.11. The van der Waals surface area contributed by atoms with Gasteiger partial charge in [-0.25, -0.2) is 4.79 Å². The van der Waals surface area contributed by atoms with Crippen LogP contribution in [0.3, 0.4) is 0 Å². The monoisotopic (exact) mass is 374 g/mol. The molecule has 1 aliphatic rings. The molecular formula is C11H8Br2N2O3. The number of hydrogen-bond donors (Lipinski definition) is 2. The van der Waals surface area contributed by atoms with Crippen LogP contribution in [-0.4, -0.2) is 29.0 Å². The lowest BCUT2D eigenvalue weighted by Crippen LogP contribution is -2.24. The van der Waals surface area contributed by atoms with Gasteiger partial charge in [0, 0.05) is 7.05 Å². The lowest BCUT2D eigenvalue weighted by Gasteiger charge is -2.07. The summed E-state index contributed by atoms with van der Waals surface area (Å²) in [5.41, 5.74) is 0.933. The number of nitrogens with zero attached hydrogens (tertiary/aromatic N) is 1. The summed E-state index contributed by atoms with van der Waals surface area (Å²) in [5.74, 6) is -0.361. The summed E-state index contributed by atoms with van der Waals surface area (Å²) in [6, 6.07) is 2.84. The second-order valence-electron chi connectivity index (χ2n) is 3.68. The third-order valence-corrected chi connectivity index (χ3v) is 3.67. The molecule has 94 valence electrons. The Morgan fingerprint density at radius 2 is 1.83 bits per heavy atom. The highest BCUT2D eigenvalue weighted by Crippen LogP contribution is 2.34. The molecule has 2 N–H and O–H groups in total. The molecule has 18 heavy (non-hydrogen) atoms. The van der Waals surface area contributed by atoms with Crippen LogP contribution in [0.4, 0.5) is 4.79 Å². The molecule has 1 fully saturated rings. The number of likely N-dealkylation sites (N-methyl/N-ethyl adjacent to an activating group) is 1. The van der Waals surface area contributed by atoms with Crippen LogP contribution in [0.25, 0.3) is 6.08 Å². The number of halogens is 2. The number of aromatic hydroxyl groups is 1. The summed E-state index contributed by atoms with van der Waals surface area (Å²) < 4.78 is 0.993. The summed E-state index contributed by atoms with van der Waals surface area (Å²) in [7, 11) is 1.51. The zero-order chi connectivity index (χ0) is 13.4. The normalized spacial score (nSPS) is 17.5. The Bertz CT molecular complexity index is 561. The molecule has 0 spiro atoms. The number of urea groups is 1. The largest absolute Gasteiger partial charge is 0.506 e. The second kappa shape index (κ2) is 4.74. The second-order valence-corrected chi connectivity index (χ2v) is 5.39. The third kappa shape index (κ3) is 2.28. The maximum Gasteiger partial charge on any atom is 0.328 e. The van der Waals surface area contributed by atoms with Crippen LogP contribution < -0.4 is 5.32 Å². The molecule has 5 nitrogen and oxygen atoms in total. The zero-order valence-electron chi connectivity index (χ0n) is 9.20. The van der Waals surface area contributed by atoms with Crippen molar-refractivity contribution in [1.82, 2.24) is 10.2 Å². The number of imide groups is 1. The topological polar surface area (TPSA) is 69.6 Å². The Morgan fingerprint density at radius 1 is 1.28 bits per heavy atom. The van der Waals surface area contributed by atoms with Crippen LogP contribution in [0, 0.1) is 0 Å². The maximum absolute atomic E-state index is 11.5. The van der Waals surface area contributed by atoms with E-state index in [1.54, 1.807) is 18.2 Å². The molecule has 2 rings (SSSR count). The van der Waals surface area contributed by atoms with Gasteiger partial charge in [-0.2, -0.15) is 0 Å². The summed E-state index contributed by atoms with van der Waals surface area (Å²) in [4.78, 5) is 24.0. The van der Waals surface area contributed by atoms with E-state index in [2.05, 4.69) is 37.2 Å². The Kier molecular flexibility index (Phi) is 3.45. The van der Waals surface area contributed by atoms with E-state index in [4.69, 9.17) is 0 Å². The number of amides is 3. The van der Waals surface area contributed by atoms with E-state index in [-0.39, 0.29) is 11.4 Å². The van der Waals surface area contributed by atoms with E-state index in [0.717, 1.165) is 0 Å². The molecular weight excluding hydrogens is 368 g/mol. The molecule has 0 saturated carbocycles. The van der Waals surface area contributed by atoms with Crippen molar-refractivity contribution in [3.05, 3.63) is 32.3 Å². The van der Waals surface area contributed by atoms with E-state index in [1.807, 2.05) is 0 Å². The van der Waals surface area contributed by atoms with Crippen molar-refractivity contribution in [3.8, 4) is 5.75 Å². The van der Waals surface area contributed by atoms with Crippen LogP contribution >= 0.6 is 31.9 Å². The van der Waals surface area contributed by atoms with Crippen LogP contribution in [0.15, 0.2) is 26.8 Å². The number of hydrogen-bond acceptors (Lipinski definition) is 3. The number of carbonyl (C=O) groups excluding carboxylic acids is 2. The van der Waals surface area contributed by atoms with Crippen molar-refractivity contribution in [2.45, 2.75) is 0 Å². The minimum atomic E-state index is -0.455. The molecule has 1 aromatic carbocycles. The Morgan fingerprint density at radius 3 is 2.28 bits per heavy atom. The summed E-state index contributed by atoms with van der Waals surface area (Å²) in [6.07, 6.45) is 1.56. The van der Waals surface area contributed by atoms with Gasteiger partial charge in [0.1, 0.15) is 11.4 Å². The summed E-state index contributed by atoms with van der Waals surface area (Å²) >= 11 is 6.40. The van der Waals surface area contributed by atoms with E-state index in [0.29, 0.717) is 14.5 Å². The fourth-order valence-electron chi connectivity index (χ4n) is 1.50. The van der Waals surface area contributed by atoms with Crippen molar-refractivity contribution in [3.63, 3.8) is 0 Å². The van der Waals surface area contributed by atoms with Crippen LogP contribution in [0.5, 0.6) is 5.75 Å². The SMILES string of the molecule is CN1C(=O)NC(=O)C1=Cc1cc(Br)c(O)c(Br)c1. The lowest BCUT2D eigenvalue weighted by atomic mass is 10.2. The predicted octanol–water partition coefficient (Wildman–Crippen LogP) is 2.44. The Hall–Kier alpha value is -1.34. The number of phenols is 1. The first-order valence-electron chi connectivity index (χ1n) is 4.89. The van der Waals surface area contributed by atoms with E-state index < -0.39 is 11.9 Å². The van der Waals surface area contributed by atoms with Gasteiger partial charge in [-0.05, 0) is 55.6 Å².